The van der Waals surface area contributed by atoms with E-state index >= 15 is 0 Å². The maximum Gasteiger partial charge on any atom is 0.160 e. The molecule has 2 aromatic rings. The summed E-state index contributed by atoms with van der Waals surface area (Å²) in [6.45, 7) is 3.32. The van der Waals surface area contributed by atoms with Crippen LogP contribution in [0.5, 0.6) is 0 Å². The fourth-order valence-corrected chi connectivity index (χ4v) is 3.02. The minimum atomic E-state index is 0.575. The summed E-state index contributed by atoms with van der Waals surface area (Å²) in [6, 6.07) is 4.53. The molecule has 19 heavy (non-hydrogen) atoms. The van der Waals surface area contributed by atoms with E-state index in [4.69, 9.17) is 10.4 Å². The molecule has 0 saturated carbocycles. The van der Waals surface area contributed by atoms with E-state index in [1.54, 1.807) is 0 Å². The van der Waals surface area contributed by atoms with Crippen molar-refractivity contribution in [1.29, 1.82) is 0 Å². The lowest BCUT2D eigenvalue weighted by Gasteiger charge is -2.31. The predicted octanol–water partition coefficient (Wildman–Crippen LogP) is 2.96. The van der Waals surface area contributed by atoms with Crippen LogP contribution in [0.1, 0.15) is 39.0 Å². The lowest BCUT2D eigenvalue weighted by atomic mass is 10.1. The number of nitrogens with two attached hydrogens (primary N) is 1. The van der Waals surface area contributed by atoms with Gasteiger partial charge in [0.25, 0.3) is 0 Å². The van der Waals surface area contributed by atoms with E-state index in [9.17, 15) is 0 Å². The van der Waals surface area contributed by atoms with Gasteiger partial charge in [0.15, 0.2) is 11.0 Å². The zero-order valence-electron chi connectivity index (χ0n) is 11.3. The van der Waals surface area contributed by atoms with E-state index in [-0.39, 0.29) is 0 Å². The summed E-state index contributed by atoms with van der Waals surface area (Å²) in [5.41, 5.74) is 9.12. The molecule has 5 nitrogen and oxygen atoms in total. The molecule has 1 aromatic heterocycles. The smallest absolute Gasteiger partial charge is 0.160 e. The van der Waals surface area contributed by atoms with Gasteiger partial charge in [-0.3, -0.25) is 0 Å². The lowest BCUT2D eigenvalue weighted by Crippen LogP contribution is -2.34. The summed E-state index contributed by atoms with van der Waals surface area (Å²) in [4.78, 5) is 2.46. The third-order valence-corrected chi connectivity index (χ3v) is 4.08. The van der Waals surface area contributed by atoms with E-state index in [1.165, 1.54) is 25.7 Å². The highest BCUT2D eigenvalue weighted by Gasteiger charge is 2.23. The first kappa shape index (κ1) is 12.3. The van der Waals surface area contributed by atoms with Gasteiger partial charge in [-0.15, -0.1) is 0 Å². The second-order valence-electron chi connectivity index (χ2n) is 5.24. The Morgan fingerprint density at radius 3 is 2.95 bits per heavy atom. The van der Waals surface area contributed by atoms with Gasteiger partial charge in [0.05, 0.1) is 11.4 Å². The second kappa shape index (κ2) is 5.07. The largest absolute Gasteiger partial charge is 0.397 e. The van der Waals surface area contributed by atoms with Crippen LogP contribution in [0.4, 0.5) is 11.4 Å². The molecule has 3 rings (SSSR count). The van der Waals surface area contributed by atoms with Gasteiger partial charge < -0.3 is 10.6 Å². The molecular formula is C14H20N4O. The molecule has 1 aliphatic rings. The van der Waals surface area contributed by atoms with Crippen molar-refractivity contribution in [3.8, 4) is 0 Å². The van der Waals surface area contributed by atoms with E-state index in [1.807, 2.05) is 6.07 Å². The number of hydrogen-bond acceptors (Lipinski definition) is 5. The van der Waals surface area contributed by atoms with E-state index in [0.717, 1.165) is 24.2 Å². The molecule has 0 bridgehead atoms. The van der Waals surface area contributed by atoms with Crippen molar-refractivity contribution in [1.82, 2.24) is 10.3 Å². The number of benzene rings is 1. The Kier molecular flexibility index (Phi) is 3.27. The highest BCUT2D eigenvalue weighted by molar-refractivity contribution is 5.95. The molecule has 1 atom stereocenters. The number of anilines is 2. The van der Waals surface area contributed by atoms with Crippen molar-refractivity contribution >= 4 is 22.4 Å². The molecular weight excluding hydrogens is 240 g/mol. The molecule has 1 unspecified atom stereocenters. The van der Waals surface area contributed by atoms with Gasteiger partial charge in [-0.05, 0) is 41.7 Å². The zero-order valence-corrected chi connectivity index (χ0v) is 11.3. The third kappa shape index (κ3) is 2.13. The Bertz CT molecular complexity index is 566. The van der Waals surface area contributed by atoms with Crippen LogP contribution in [0.15, 0.2) is 16.8 Å². The fourth-order valence-electron chi connectivity index (χ4n) is 3.02. The van der Waals surface area contributed by atoms with Crippen LogP contribution in [-0.4, -0.2) is 22.9 Å². The van der Waals surface area contributed by atoms with E-state index in [0.29, 0.717) is 17.2 Å². The summed E-state index contributed by atoms with van der Waals surface area (Å²) in [7, 11) is 0. The number of rotatable bonds is 2. The number of hydrogen-bond donors (Lipinski definition) is 1. The fraction of sp³-hybridized carbons (Fsp3) is 0.571. The molecule has 1 saturated heterocycles. The molecule has 2 heterocycles. The van der Waals surface area contributed by atoms with Crippen molar-refractivity contribution in [2.45, 2.75) is 45.1 Å². The third-order valence-electron chi connectivity index (χ3n) is 4.08. The Morgan fingerprint density at radius 1 is 1.26 bits per heavy atom. The van der Waals surface area contributed by atoms with Crippen molar-refractivity contribution in [3.05, 3.63) is 12.1 Å². The minimum absolute atomic E-state index is 0.575. The highest BCUT2D eigenvalue weighted by Crippen LogP contribution is 2.32. The second-order valence-corrected chi connectivity index (χ2v) is 5.24. The molecule has 1 fully saturated rings. The van der Waals surface area contributed by atoms with Gasteiger partial charge in [-0.1, -0.05) is 19.8 Å². The quantitative estimate of drug-likeness (QED) is 0.841. The van der Waals surface area contributed by atoms with Gasteiger partial charge >= 0.3 is 0 Å². The molecule has 102 valence electrons. The van der Waals surface area contributed by atoms with Crippen LogP contribution in [-0.2, 0) is 0 Å². The van der Waals surface area contributed by atoms with Gasteiger partial charge in [-0.25, -0.2) is 4.63 Å². The summed E-state index contributed by atoms with van der Waals surface area (Å²) >= 11 is 0. The Labute approximate surface area is 112 Å². The predicted molar refractivity (Wildman–Crippen MR) is 76.1 cm³/mol. The van der Waals surface area contributed by atoms with Gasteiger partial charge in [0.1, 0.15) is 0 Å². The Balaban J connectivity index is 2.06. The Morgan fingerprint density at radius 2 is 2.11 bits per heavy atom. The standard InChI is InChI=1S/C14H20N4O/c1-2-10-6-4-3-5-9-18(10)12-8-7-11(15)13-14(12)17-19-16-13/h7-8,10H,2-6,9,15H2,1H3. The van der Waals surface area contributed by atoms with Gasteiger partial charge in [-0.2, -0.15) is 0 Å². The minimum Gasteiger partial charge on any atom is -0.397 e. The van der Waals surface area contributed by atoms with E-state index < -0.39 is 0 Å². The van der Waals surface area contributed by atoms with Crippen molar-refractivity contribution in [3.63, 3.8) is 0 Å². The first-order valence-electron chi connectivity index (χ1n) is 7.08. The normalized spacial score (nSPS) is 20.7. The highest BCUT2D eigenvalue weighted by atomic mass is 16.6. The summed E-state index contributed by atoms with van der Waals surface area (Å²) in [5.74, 6) is 0. The number of nitrogens with zero attached hydrogens (tertiary/aromatic N) is 3. The summed E-state index contributed by atoms with van der Waals surface area (Å²) in [6.07, 6.45) is 6.24. The average molecular weight is 260 g/mol. The maximum absolute atomic E-state index is 5.92. The first-order valence-corrected chi connectivity index (χ1v) is 7.08. The van der Waals surface area contributed by atoms with Crippen LogP contribution >= 0.6 is 0 Å². The summed E-state index contributed by atoms with van der Waals surface area (Å²) in [5, 5.41) is 7.96. The van der Waals surface area contributed by atoms with Crippen LogP contribution in [0.2, 0.25) is 0 Å². The molecule has 5 heteroatoms. The molecule has 2 N–H and O–H groups in total. The SMILES string of the molecule is CCC1CCCCCN1c1ccc(N)c2nonc12. The van der Waals surface area contributed by atoms with Crippen LogP contribution in [0.3, 0.4) is 0 Å². The molecule has 1 aliphatic heterocycles. The Hall–Kier alpha value is -1.78. The number of fused-ring (bicyclic) bond motifs is 1. The number of aromatic nitrogens is 2. The maximum atomic E-state index is 5.92. The molecule has 0 radical (unpaired) electrons. The molecule has 0 aliphatic carbocycles. The summed E-state index contributed by atoms with van der Waals surface area (Å²) < 4.78 is 4.87. The average Bonchev–Trinajstić information content (AvgIpc) is 2.80. The van der Waals surface area contributed by atoms with Gasteiger partial charge in [0.2, 0.25) is 0 Å². The zero-order chi connectivity index (χ0) is 13.2. The van der Waals surface area contributed by atoms with Crippen molar-refractivity contribution in [2.24, 2.45) is 0 Å². The number of nitrogen functional groups attached to an aromatic ring is 1. The van der Waals surface area contributed by atoms with Crippen LogP contribution in [0, 0.1) is 0 Å². The van der Waals surface area contributed by atoms with E-state index in [2.05, 4.69) is 28.2 Å². The molecule has 1 aromatic carbocycles. The monoisotopic (exact) mass is 260 g/mol. The van der Waals surface area contributed by atoms with Crippen LogP contribution < -0.4 is 10.6 Å². The van der Waals surface area contributed by atoms with Crippen molar-refractivity contribution < 1.29 is 4.63 Å². The lowest BCUT2D eigenvalue weighted by molar-refractivity contribution is 0.315. The molecule has 0 amide bonds. The van der Waals surface area contributed by atoms with Gasteiger partial charge in [0, 0.05) is 12.6 Å². The topological polar surface area (TPSA) is 68.2 Å². The molecule has 0 spiro atoms. The first-order chi connectivity index (χ1) is 9.31. The van der Waals surface area contributed by atoms with Crippen LogP contribution in [0.25, 0.3) is 11.0 Å². The van der Waals surface area contributed by atoms with Crippen molar-refractivity contribution in [2.75, 3.05) is 17.2 Å².